The van der Waals surface area contributed by atoms with Crippen molar-refractivity contribution in [2.24, 2.45) is 0 Å². The van der Waals surface area contributed by atoms with Gasteiger partial charge in [-0.15, -0.1) is 11.3 Å². The van der Waals surface area contributed by atoms with Crippen LogP contribution in [0.5, 0.6) is 0 Å². The topological polar surface area (TPSA) is 32.5 Å². The van der Waals surface area contributed by atoms with Gasteiger partial charge in [0, 0.05) is 37.1 Å². The maximum absolute atomic E-state index is 5.85. The summed E-state index contributed by atoms with van der Waals surface area (Å²) >= 11 is 1.79. The van der Waals surface area contributed by atoms with E-state index in [0.29, 0.717) is 0 Å². The van der Waals surface area contributed by atoms with Crippen molar-refractivity contribution >= 4 is 16.3 Å². The number of nitrogens with two attached hydrogens (primary N) is 1. The van der Waals surface area contributed by atoms with E-state index < -0.39 is 0 Å². The molecule has 3 nitrogen and oxygen atoms in total. The molecule has 0 spiro atoms. The van der Waals surface area contributed by atoms with Gasteiger partial charge in [-0.05, 0) is 50.8 Å². The lowest BCUT2D eigenvalue weighted by Gasteiger charge is -2.41. The van der Waals surface area contributed by atoms with Crippen LogP contribution in [0.3, 0.4) is 0 Å². The van der Waals surface area contributed by atoms with Gasteiger partial charge >= 0.3 is 0 Å². The molecule has 2 N–H and O–H groups in total. The summed E-state index contributed by atoms with van der Waals surface area (Å²) < 4.78 is 0. The van der Waals surface area contributed by atoms with Gasteiger partial charge in [0.05, 0.1) is 5.00 Å². The fourth-order valence-electron chi connectivity index (χ4n) is 3.50. The van der Waals surface area contributed by atoms with Crippen LogP contribution in [0.2, 0.25) is 0 Å². The highest BCUT2D eigenvalue weighted by atomic mass is 32.1. The molecule has 1 saturated heterocycles. The van der Waals surface area contributed by atoms with Crippen LogP contribution in [0.25, 0.3) is 0 Å². The molecule has 1 aromatic rings. The first kappa shape index (κ1) is 13.4. The molecular formula is C15H25N3S. The molecule has 2 aliphatic rings. The molecule has 106 valence electrons. The van der Waals surface area contributed by atoms with Crippen molar-refractivity contribution in [1.29, 1.82) is 0 Å². The molecule has 19 heavy (non-hydrogen) atoms. The third-order valence-electron chi connectivity index (χ3n) is 4.80. The van der Waals surface area contributed by atoms with Crippen molar-refractivity contribution in [3.8, 4) is 0 Å². The Balaban J connectivity index is 1.52. The molecule has 0 amide bonds. The first-order valence-corrected chi connectivity index (χ1v) is 8.32. The largest absolute Gasteiger partial charge is 0.391 e. The molecule has 1 aliphatic heterocycles. The quantitative estimate of drug-likeness (QED) is 0.903. The third kappa shape index (κ3) is 3.12. The Morgan fingerprint density at radius 2 is 1.74 bits per heavy atom. The first-order valence-electron chi connectivity index (χ1n) is 7.50. The van der Waals surface area contributed by atoms with Crippen LogP contribution in [-0.4, -0.2) is 49.1 Å². The number of likely N-dealkylation sites (N-methyl/N-ethyl adjacent to an activating group) is 1. The van der Waals surface area contributed by atoms with E-state index in [1.165, 1.54) is 56.7 Å². The number of anilines is 1. The van der Waals surface area contributed by atoms with Gasteiger partial charge in [0.15, 0.2) is 0 Å². The average Bonchev–Trinajstić information content (AvgIpc) is 2.87. The van der Waals surface area contributed by atoms with E-state index in [1.807, 2.05) is 0 Å². The molecule has 0 atom stereocenters. The highest BCUT2D eigenvalue weighted by Gasteiger charge is 2.28. The monoisotopic (exact) mass is 279 g/mol. The van der Waals surface area contributed by atoms with Gasteiger partial charge in [-0.25, -0.2) is 0 Å². The number of nitrogen functional groups attached to an aromatic ring is 1. The Labute approximate surface area is 120 Å². The van der Waals surface area contributed by atoms with E-state index in [1.54, 1.807) is 11.3 Å². The van der Waals surface area contributed by atoms with E-state index in [4.69, 9.17) is 5.73 Å². The second kappa shape index (κ2) is 5.81. The minimum Gasteiger partial charge on any atom is -0.391 e. The van der Waals surface area contributed by atoms with Crippen LogP contribution in [0.15, 0.2) is 12.1 Å². The summed E-state index contributed by atoms with van der Waals surface area (Å²) in [5, 5.41) is 0.969. The Kier molecular flexibility index (Phi) is 4.10. The zero-order valence-electron chi connectivity index (χ0n) is 11.8. The Bertz CT molecular complexity index is 401. The minimum absolute atomic E-state index is 0.769. The Morgan fingerprint density at radius 1 is 1.05 bits per heavy atom. The fourth-order valence-corrected chi connectivity index (χ4v) is 4.45. The van der Waals surface area contributed by atoms with E-state index in [0.717, 1.165) is 17.0 Å². The predicted octanol–water partition coefficient (Wildman–Crippen LogP) is 2.60. The van der Waals surface area contributed by atoms with Crippen LogP contribution >= 0.6 is 11.3 Å². The lowest BCUT2D eigenvalue weighted by molar-refractivity contribution is 0.0880. The van der Waals surface area contributed by atoms with Crippen LogP contribution < -0.4 is 5.73 Å². The van der Waals surface area contributed by atoms with Gasteiger partial charge in [-0.2, -0.15) is 0 Å². The highest BCUT2D eigenvalue weighted by molar-refractivity contribution is 7.15. The third-order valence-corrected chi connectivity index (χ3v) is 5.88. The molecular weight excluding hydrogens is 254 g/mol. The smallest absolute Gasteiger partial charge is 0.0859 e. The molecule has 2 heterocycles. The number of nitrogens with zero attached hydrogens (tertiary/aromatic N) is 2. The van der Waals surface area contributed by atoms with Crippen LogP contribution in [0.4, 0.5) is 5.00 Å². The summed E-state index contributed by atoms with van der Waals surface area (Å²) in [5.74, 6) is 0.769. The SMILES string of the molecule is CN1CCN(C2CCC(c3ccc(N)s3)CC2)CC1. The number of rotatable bonds is 2. The van der Waals surface area contributed by atoms with Gasteiger partial charge in [0.2, 0.25) is 0 Å². The van der Waals surface area contributed by atoms with Gasteiger partial charge < -0.3 is 10.6 Å². The van der Waals surface area contributed by atoms with Crippen molar-refractivity contribution in [3.63, 3.8) is 0 Å². The molecule has 1 aliphatic carbocycles. The molecule has 3 rings (SSSR count). The predicted molar refractivity (Wildman–Crippen MR) is 82.8 cm³/mol. The minimum atomic E-state index is 0.769. The van der Waals surface area contributed by atoms with Crippen LogP contribution in [0.1, 0.15) is 36.5 Å². The summed E-state index contributed by atoms with van der Waals surface area (Å²) in [6.45, 7) is 5.00. The number of piperazine rings is 1. The van der Waals surface area contributed by atoms with Gasteiger partial charge in [-0.3, -0.25) is 4.90 Å². The lowest BCUT2D eigenvalue weighted by atomic mass is 9.84. The number of thiophene rings is 1. The molecule has 4 heteroatoms. The van der Waals surface area contributed by atoms with Gasteiger partial charge in [-0.1, -0.05) is 0 Å². The molecule has 0 unspecified atom stereocenters. The van der Waals surface area contributed by atoms with E-state index in [-0.39, 0.29) is 0 Å². The Hall–Kier alpha value is -0.580. The van der Waals surface area contributed by atoms with Crippen molar-refractivity contribution < 1.29 is 0 Å². The van der Waals surface area contributed by atoms with E-state index in [2.05, 4.69) is 29.0 Å². The number of hydrogen-bond acceptors (Lipinski definition) is 4. The molecule has 2 fully saturated rings. The van der Waals surface area contributed by atoms with Gasteiger partial charge in [0.1, 0.15) is 0 Å². The molecule has 0 bridgehead atoms. The van der Waals surface area contributed by atoms with Gasteiger partial charge in [0.25, 0.3) is 0 Å². The summed E-state index contributed by atoms with van der Waals surface area (Å²) in [6, 6.07) is 5.13. The zero-order chi connectivity index (χ0) is 13.2. The lowest BCUT2D eigenvalue weighted by Crippen LogP contribution is -2.49. The van der Waals surface area contributed by atoms with Crippen molar-refractivity contribution in [2.75, 3.05) is 39.0 Å². The van der Waals surface area contributed by atoms with E-state index >= 15 is 0 Å². The fraction of sp³-hybridized carbons (Fsp3) is 0.733. The van der Waals surface area contributed by atoms with Crippen molar-refractivity contribution in [1.82, 2.24) is 9.80 Å². The zero-order valence-corrected chi connectivity index (χ0v) is 12.7. The first-order chi connectivity index (χ1) is 9.22. The maximum Gasteiger partial charge on any atom is 0.0859 e. The highest BCUT2D eigenvalue weighted by Crippen LogP contribution is 2.38. The summed E-state index contributed by atoms with van der Waals surface area (Å²) in [5.41, 5.74) is 5.85. The number of hydrogen-bond donors (Lipinski definition) is 1. The summed E-state index contributed by atoms with van der Waals surface area (Å²) in [4.78, 5) is 6.67. The molecule has 1 aromatic heterocycles. The van der Waals surface area contributed by atoms with Crippen LogP contribution in [-0.2, 0) is 0 Å². The van der Waals surface area contributed by atoms with Crippen molar-refractivity contribution in [3.05, 3.63) is 17.0 Å². The summed E-state index contributed by atoms with van der Waals surface area (Å²) in [6.07, 6.45) is 5.42. The Morgan fingerprint density at radius 3 is 2.32 bits per heavy atom. The molecule has 1 saturated carbocycles. The normalized spacial score (nSPS) is 30.6. The second-order valence-corrected chi connectivity index (χ2v) is 7.23. The standard InChI is InChI=1S/C15H25N3S/c1-17-8-10-18(11-9-17)13-4-2-12(3-5-13)14-6-7-15(16)19-14/h6-7,12-13H,2-5,8-11,16H2,1H3. The summed E-state index contributed by atoms with van der Waals surface area (Å²) in [7, 11) is 2.23. The average molecular weight is 279 g/mol. The van der Waals surface area contributed by atoms with Crippen molar-refractivity contribution in [2.45, 2.75) is 37.6 Å². The molecule has 0 aromatic carbocycles. The second-order valence-electron chi connectivity index (χ2n) is 6.08. The van der Waals surface area contributed by atoms with E-state index in [9.17, 15) is 0 Å². The molecule has 0 radical (unpaired) electrons. The van der Waals surface area contributed by atoms with Crippen LogP contribution in [0, 0.1) is 0 Å². The maximum atomic E-state index is 5.85.